The van der Waals surface area contributed by atoms with Crippen LogP contribution in [0.3, 0.4) is 0 Å². The molecule has 0 saturated heterocycles. The normalized spacial score (nSPS) is 12.5. The van der Waals surface area contributed by atoms with Crippen molar-refractivity contribution < 1.29 is 19.0 Å². The van der Waals surface area contributed by atoms with Crippen LogP contribution in [0.1, 0.15) is 23.4 Å². The van der Waals surface area contributed by atoms with Crippen LogP contribution < -0.4 is 0 Å². The summed E-state index contributed by atoms with van der Waals surface area (Å²) in [7, 11) is 1.71. The van der Waals surface area contributed by atoms with Gasteiger partial charge in [0.15, 0.2) is 0 Å². The molecule has 0 amide bonds. The summed E-state index contributed by atoms with van der Waals surface area (Å²) in [5.74, 6) is 0.762. The van der Waals surface area contributed by atoms with Gasteiger partial charge in [-0.25, -0.2) is 0 Å². The lowest BCUT2D eigenvalue weighted by Gasteiger charge is -2.25. The van der Waals surface area contributed by atoms with Crippen LogP contribution in [0.5, 0.6) is 0 Å². The standard InChI is InChI=1S/C24H32N2O4/c1-28-14-7-12-25(18-23(27)19-29-20-24-11-6-15-30-24)17-22-10-5-13-26(22)16-21-8-3-2-4-9-21/h2-6,8-11,13,15,23,27H,7,12,14,16-20H2,1H3/t23-/m0/s1. The topological polar surface area (TPSA) is 60.0 Å². The third kappa shape index (κ3) is 7.46. The van der Waals surface area contributed by atoms with Gasteiger partial charge in [-0.1, -0.05) is 30.3 Å². The lowest BCUT2D eigenvalue weighted by atomic mass is 10.2. The molecule has 0 bridgehead atoms. The number of aromatic nitrogens is 1. The van der Waals surface area contributed by atoms with Crippen LogP contribution in [0.15, 0.2) is 71.5 Å². The van der Waals surface area contributed by atoms with Crippen LogP contribution in [-0.2, 0) is 29.2 Å². The number of ether oxygens (including phenoxy) is 2. The van der Waals surface area contributed by atoms with Gasteiger partial charge in [0, 0.05) is 51.8 Å². The molecule has 0 aliphatic heterocycles. The summed E-state index contributed by atoms with van der Waals surface area (Å²) in [6, 6.07) is 18.4. The first-order chi connectivity index (χ1) is 14.7. The third-order valence-electron chi connectivity index (χ3n) is 4.93. The number of hydrogen-bond acceptors (Lipinski definition) is 5. The Hall–Kier alpha value is -2.38. The second kappa shape index (κ2) is 12.3. The van der Waals surface area contributed by atoms with Gasteiger partial charge in [0.1, 0.15) is 12.4 Å². The minimum absolute atomic E-state index is 0.270. The van der Waals surface area contributed by atoms with Crippen LogP contribution >= 0.6 is 0 Å². The molecular formula is C24H32N2O4. The van der Waals surface area contributed by atoms with Gasteiger partial charge in [-0.05, 0) is 36.2 Å². The summed E-state index contributed by atoms with van der Waals surface area (Å²) >= 11 is 0. The molecule has 0 saturated carbocycles. The minimum Gasteiger partial charge on any atom is -0.467 e. The molecule has 0 radical (unpaired) electrons. The van der Waals surface area contributed by atoms with E-state index < -0.39 is 6.10 Å². The lowest BCUT2D eigenvalue weighted by molar-refractivity contribution is 0.00251. The van der Waals surface area contributed by atoms with Crippen LogP contribution in [-0.4, -0.2) is 54.1 Å². The fraction of sp³-hybridized carbons (Fsp3) is 0.417. The van der Waals surface area contributed by atoms with Gasteiger partial charge < -0.3 is 23.6 Å². The minimum atomic E-state index is -0.569. The van der Waals surface area contributed by atoms with Gasteiger partial charge in [0.2, 0.25) is 0 Å². The van der Waals surface area contributed by atoms with Crippen molar-refractivity contribution >= 4 is 0 Å². The maximum atomic E-state index is 10.5. The third-order valence-corrected chi connectivity index (χ3v) is 4.93. The van der Waals surface area contributed by atoms with E-state index in [0.717, 1.165) is 31.8 Å². The van der Waals surface area contributed by atoms with Gasteiger partial charge >= 0.3 is 0 Å². The van der Waals surface area contributed by atoms with E-state index in [1.165, 1.54) is 11.3 Å². The Morgan fingerprint density at radius 1 is 1.10 bits per heavy atom. The number of furan rings is 1. The van der Waals surface area contributed by atoms with Gasteiger partial charge in [-0.3, -0.25) is 4.90 Å². The maximum Gasteiger partial charge on any atom is 0.129 e. The molecule has 0 aliphatic carbocycles. The highest BCUT2D eigenvalue weighted by atomic mass is 16.5. The van der Waals surface area contributed by atoms with Crippen molar-refractivity contribution in [3.63, 3.8) is 0 Å². The van der Waals surface area contributed by atoms with E-state index in [1.807, 2.05) is 18.2 Å². The molecule has 0 unspecified atom stereocenters. The van der Waals surface area contributed by atoms with Crippen molar-refractivity contribution in [3.05, 3.63) is 84.1 Å². The maximum absolute atomic E-state index is 10.5. The molecule has 30 heavy (non-hydrogen) atoms. The number of benzene rings is 1. The highest BCUT2D eigenvalue weighted by molar-refractivity contribution is 5.17. The number of aliphatic hydroxyl groups is 1. The fourth-order valence-corrected chi connectivity index (χ4v) is 3.46. The summed E-state index contributed by atoms with van der Waals surface area (Å²) < 4.78 is 18.3. The smallest absolute Gasteiger partial charge is 0.129 e. The molecule has 162 valence electrons. The van der Waals surface area contributed by atoms with Crippen LogP contribution in [0, 0.1) is 0 Å². The molecule has 0 fully saturated rings. The monoisotopic (exact) mass is 412 g/mol. The molecule has 2 aromatic heterocycles. The van der Waals surface area contributed by atoms with E-state index in [0.29, 0.717) is 19.8 Å². The Kier molecular flexibility index (Phi) is 9.18. The molecule has 2 heterocycles. The zero-order valence-corrected chi connectivity index (χ0v) is 17.7. The van der Waals surface area contributed by atoms with Crippen molar-refractivity contribution in [1.29, 1.82) is 0 Å². The molecule has 3 rings (SSSR count). The molecule has 3 aromatic rings. The predicted molar refractivity (Wildman–Crippen MR) is 116 cm³/mol. The van der Waals surface area contributed by atoms with Gasteiger partial charge in [-0.2, -0.15) is 0 Å². The zero-order valence-electron chi connectivity index (χ0n) is 17.7. The first-order valence-electron chi connectivity index (χ1n) is 10.4. The Balaban J connectivity index is 1.54. The molecule has 6 nitrogen and oxygen atoms in total. The van der Waals surface area contributed by atoms with Crippen LogP contribution in [0.25, 0.3) is 0 Å². The van der Waals surface area contributed by atoms with Crippen molar-refractivity contribution in [2.45, 2.75) is 32.2 Å². The average Bonchev–Trinajstić information content (AvgIpc) is 3.41. The number of methoxy groups -OCH3 is 1. The molecular weight excluding hydrogens is 380 g/mol. The molecule has 6 heteroatoms. The number of rotatable bonds is 14. The quantitative estimate of drug-likeness (QED) is 0.411. The highest BCUT2D eigenvalue weighted by Gasteiger charge is 2.15. The van der Waals surface area contributed by atoms with E-state index in [9.17, 15) is 5.11 Å². The summed E-state index contributed by atoms with van der Waals surface area (Å²) in [6.07, 6.45) is 4.08. The molecule has 1 N–H and O–H groups in total. The molecule has 0 spiro atoms. The second-order valence-electron chi connectivity index (χ2n) is 7.44. The Morgan fingerprint density at radius 3 is 2.73 bits per heavy atom. The SMILES string of the molecule is COCCCN(Cc1cccn1Cc1ccccc1)C[C@H](O)COCc1ccco1. The second-order valence-corrected chi connectivity index (χ2v) is 7.44. The Bertz CT molecular complexity index is 817. The van der Waals surface area contributed by atoms with Crippen LogP contribution in [0.4, 0.5) is 0 Å². The number of nitrogens with zero attached hydrogens (tertiary/aromatic N) is 2. The van der Waals surface area contributed by atoms with Gasteiger partial charge in [0.05, 0.1) is 19.0 Å². The average molecular weight is 413 g/mol. The van der Waals surface area contributed by atoms with Crippen LogP contribution in [0.2, 0.25) is 0 Å². The summed E-state index contributed by atoms with van der Waals surface area (Å²) in [4.78, 5) is 2.26. The first-order valence-corrected chi connectivity index (χ1v) is 10.4. The summed E-state index contributed by atoms with van der Waals surface area (Å²) in [5, 5.41) is 10.5. The largest absolute Gasteiger partial charge is 0.467 e. The Labute approximate surface area is 178 Å². The van der Waals surface area contributed by atoms with Crippen molar-refractivity contribution in [3.8, 4) is 0 Å². The van der Waals surface area contributed by atoms with E-state index in [2.05, 4.69) is 52.1 Å². The highest BCUT2D eigenvalue weighted by Crippen LogP contribution is 2.12. The van der Waals surface area contributed by atoms with Gasteiger partial charge in [-0.15, -0.1) is 0 Å². The first kappa shape index (κ1) is 22.3. The zero-order chi connectivity index (χ0) is 21.0. The molecule has 0 aliphatic rings. The van der Waals surface area contributed by atoms with E-state index in [-0.39, 0.29) is 6.61 Å². The number of hydrogen-bond donors (Lipinski definition) is 1. The predicted octanol–water partition coefficient (Wildman–Crippen LogP) is 3.55. The summed E-state index contributed by atoms with van der Waals surface area (Å²) in [6.45, 7) is 4.33. The van der Waals surface area contributed by atoms with E-state index in [1.54, 1.807) is 13.4 Å². The van der Waals surface area contributed by atoms with Crippen molar-refractivity contribution in [2.24, 2.45) is 0 Å². The molecule has 1 atom stereocenters. The van der Waals surface area contributed by atoms with Gasteiger partial charge in [0.25, 0.3) is 0 Å². The fourth-order valence-electron chi connectivity index (χ4n) is 3.46. The lowest BCUT2D eigenvalue weighted by Crippen LogP contribution is -2.36. The number of aliphatic hydroxyl groups excluding tert-OH is 1. The van der Waals surface area contributed by atoms with Crippen molar-refractivity contribution in [1.82, 2.24) is 9.47 Å². The molecule has 1 aromatic carbocycles. The van der Waals surface area contributed by atoms with E-state index >= 15 is 0 Å². The summed E-state index contributed by atoms with van der Waals surface area (Å²) in [5.41, 5.74) is 2.49. The Morgan fingerprint density at radius 2 is 1.97 bits per heavy atom. The van der Waals surface area contributed by atoms with E-state index in [4.69, 9.17) is 13.9 Å². The van der Waals surface area contributed by atoms with Crippen molar-refractivity contribution in [2.75, 3.05) is 33.4 Å².